The largest absolute Gasteiger partial charge is 0.399 e. The lowest BCUT2D eigenvalue weighted by atomic mass is 9.89. The predicted octanol–water partition coefficient (Wildman–Crippen LogP) is 1.47. The van der Waals surface area contributed by atoms with Gasteiger partial charge in [-0.25, -0.2) is 0 Å². The minimum absolute atomic E-state index is 0.446. The smallest absolute Gasteiger partial charge is 0.113 e. The van der Waals surface area contributed by atoms with E-state index in [0.717, 1.165) is 28.0 Å². The third-order valence-corrected chi connectivity index (χ3v) is 5.59. The maximum atomic E-state index is 10.4. The molecule has 3 rings (SSSR count). The summed E-state index contributed by atoms with van der Waals surface area (Å²) in [5.74, 6) is 0. The van der Waals surface area contributed by atoms with Gasteiger partial charge in [0.25, 0.3) is 0 Å². The highest BCUT2D eigenvalue weighted by molar-refractivity contribution is 5.98. The van der Waals surface area contributed by atoms with Crippen molar-refractivity contribution in [1.29, 1.82) is 0 Å². The molecule has 0 unspecified atom stereocenters. The number of hydrogen-bond donors (Lipinski definition) is 4. The van der Waals surface area contributed by atoms with E-state index >= 15 is 0 Å². The molecule has 2 aromatic rings. The first kappa shape index (κ1) is 22.4. The van der Waals surface area contributed by atoms with Crippen LogP contribution in [0.4, 0.5) is 0 Å². The molecule has 7 nitrogen and oxygen atoms in total. The Morgan fingerprint density at radius 3 is 2.37 bits per heavy atom. The van der Waals surface area contributed by atoms with Gasteiger partial charge in [-0.05, 0) is 48.1 Å². The SMILES string of the molecule is CON=C(C)c1ccc(Cc2cc([C@@H]3O[C@H](CO)[C@@H](O)[C@H](O)[C@H]3O)ccc2C)cc1. The third kappa shape index (κ3) is 4.71. The molecule has 4 N–H and O–H groups in total. The van der Waals surface area contributed by atoms with E-state index < -0.39 is 37.1 Å². The van der Waals surface area contributed by atoms with E-state index in [2.05, 4.69) is 5.16 Å². The summed E-state index contributed by atoms with van der Waals surface area (Å²) in [6, 6.07) is 13.8. The Morgan fingerprint density at radius 1 is 1.03 bits per heavy atom. The van der Waals surface area contributed by atoms with Crippen LogP contribution in [0.3, 0.4) is 0 Å². The van der Waals surface area contributed by atoms with Gasteiger partial charge in [0.2, 0.25) is 0 Å². The molecule has 5 atom stereocenters. The summed E-state index contributed by atoms with van der Waals surface area (Å²) in [6.45, 7) is 3.45. The summed E-state index contributed by atoms with van der Waals surface area (Å²) in [4.78, 5) is 4.82. The van der Waals surface area contributed by atoms with E-state index in [0.29, 0.717) is 12.0 Å². The van der Waals surface area contributed by atoms with Crippen LogP contribution in [0, 0.1) is 6.92 Å². The lowest BCUT2D eigenvalue weighted by Gasteiger charge is -2.40. The molecule has 0 aromatic heterocycles. The van der Waals surface area contributed by atoms with Crippen molar-refractivity contribution >= 4 is 5.71 Å². The number of aliphatic hydroxyl groups excluding tert-OH is 4. The highest BCUT2D eigenvalue weighted by atomic mass is 16.6. The Bertz CT molecular complexity index is 880. The molecule has 1 aliphatic rings. The number of oxime groups is 1. The van der Waals surface area contributed by atoms with Gasteiger partial charge in [-0.15, -0.1) is 0 Å². The molecular weight excluding hydrogens is 386 g/mol. The number of rotatable bonds is 6. The van der Waals surface area contributed by atoms with Crippen LogP contribution in [0.25, 0.3) is 0 Å². The van der Waals surface area contributed by atoms with Crippen molar-refractivity contribution in [2.75, 3.05) is 13.7 Å². The van der Waals surface area contributed by atoms with E-state index in [4.69, 9.17) is 9.57 Å². The fourth-order valence-corrected chi connectivity index (χ4v) is 3.71. The molecule has 0 aliphatic carbocycles. The van der Waals surface area contributed by atoms with Crippen molar-refractivity contribution < 1.29 is 30.0 Å². The Kier molecular flexibility index (Phi) is 7.23. The van der Waals surface area contributed by atoms with E-state index in [1.165, 1.54) is 7.11 Å². The molecule has 0 spiro atoms. The van der Waals surface area contributed by atoms with Crippen molar-refractivity contribution in [2.45, 2.75) is 50.8 Å². The van der Waals surface area contributed by atoms with Gasteiger partial charge >= 0.3 is 0 Å². The van der Waals surface area contributed by atoms with Crippen molar-refractivity contribution in [3.8, 4) is 0 Å². The molecule has 1 aliphatic heterocycles. The lowest BCUT2D eigenvalue weighted by Crippen LogP contribution is -2.55. The Labute approximate surface area is 176 Å². The average molecular weight is 415 g/mol. The summed E-state index contributed by atoms with van der Waals surface area (Å²) in [5, 5.41) is 43.9. The van der Waals surface area contributed by atoms with Gasteiger partial charge in [0, 0.05) is 0 Å². The maximum absolute atomic E-state index is 10.4. The Morgan fingerprint density at radius 2 is 1.73 bits per heavy atom. The first-order chi connectivity index (χ1) is 14.3. The highest BCUT2D eigenvalue weighted by Gasteiger charge is 2.43. The maximum Gasteiger partial charge on any atom is 0.113 e. The topological polar surface area (TPSA) is 112 Å². The number of aliphatic hydroxyl groups is 4. The number of benzene rings is 2. The van der Waals surface area contributed by atoms with Crippen LogP contribution in [0.2, 0.25) is 0 Å². The molecule has 1 fully saturated rings. The minimum atomic E-state index is -1.39. The van der Waals surface area contributed by atoms with Crippen molar-refractivity contribution in [3.05, 3.63) is 70.3 Å². The normalized spacial score (nSPS) is 27.2. The first-order valence-corrected chi connectivity index (χ1v) is 9.92. The summed E-state index contributed by atoms with van der Waals surface area (Å²) >= 11 is 0. The fourth-order valence-electron chi connectivity index (χ4n) is 3.71. The van der Waals surface area contributed by atoms with E-state index in [1.54, 1.807) is 0 Å². The quantitative estimate of drug-likeness (QED) is 0.420. The first-order valence-electron chi connectivity index (χ1n) is 9.92. The molecule has 162 valence electrons. The van der Waals surface area contributed by atoms with E-state index in [9.17, 15) is 20.4 Å². The second-order valence-electron chi connectivity index (χ2n) is 7.67. The van der Waals surface area contributed by atoms with Gasteiger partial charge in [-0.1, -0.05) is 47.6 Å². The lowest BCUT2D eigenvalue weighted by molar-refractivity contribution is -0.231. The van der Waals surface area contributed by atoms with Gasteiger partial charge in [0.05, 0.1) is 12.3 Å². The standard InChI is InChI=1S/C23H29NO6/c1-13-4-7-17(23-22(28)21(27)20(26)19(12-25)30-23)11-18(13)10-15-5-8-16(9-6-15)14(2)24-29-3/h4-9,11,19-23,25-28H,10,12H2,1-3H3/t19-,20-,21+,22-,23+/m1/s1. The number of aryl methyl sites for hydroxylation is 1. The van der Waals surface area contributed by atoms with Crippen LogP contribution >= 0.6 is 0 Å². The van der Waals surface area contributed by atoms with Gasteiger partial charge in [-0.3, -0.25) is 0 Å². The van der Waals surface area contributed by atoms with Crippen LogP contribution in [-0.2, 0) is 16.0 Å². The molecule has 1 saturated heterocycles. The molecule has 7 heteroatoms. The van der Waals surface area contributed by atoms with E-state index in [1.807, 2.05) is 56.3 Å². The second kappa shape index (κ2) is 9.68. The van der Waals surface area contributed by atoms with Gasteiger partial charge in [-0.2, -0.15) is 0 Å². The van der Waals surface area contributed by atoms with Crippen LogP contribution < -0.4 is 0 Å². The van der Waals surface area contributed by atoms with Crippen LogP contribution in [0.1, 0.15) is 40.8 Å². The summed E-state index contributed by atoms with van der Waals surface area (Å²) < 4.78 is 5.69. The van der Waals surface area contributed by atoms with Crippen LogP contribution in [-0.4, -0.2) is 64.3 Å². The molecule has 30 heavy (non-hydrogen) atoms. The van der Waals surface area contributed by atoms with Crippen molar-refractivity contribution in [1.82, 2.24) is 0 Å². The second-order valence-corrected chi connectivity index (χ2v) is 7.67. The number of nitrogens with zero attached hydrogens (tertiary/aromatic N) is 1. The summed E-state index contributed by atoms with van der Waals surface area (Å²) in [5.41, 5.74) is 5.71. The fraction of sp³-hybridized carbons (Fsp3) is 0.435. The van der Waals surface area contributed by atoms with Gasteiger partial charge in [0.15, 0.2) is 0 Å². The minimum Gasteiger partial charge on any atom is -0.399 e. The summed E-state index contributed by atoms with van der Waals surface area (Å²) in [7, 11) is 1.52. The Hall–Kier alpha value is -2.29. The van der Waals surface area contributed by atoms with Crippen LogP contribution in [0.15, 0.2) is 47.6 Å². The molecule has 1 heterocycles. The third-order valence-electron chi connectivity index (χ3n) is 5.59. The molecule has 2 aromatic carbocycles. The highest BCUT2D eigenvalue weighted by Crippen LogP contribution is 2.33. The van der Waals surface area contributed by atoms with Gasteiger partial charge in [0.1, 0.15) is 37.6 Å². The van der Waals surface area contributed by atoms with Crippen LogP contribution in [0.5, 0.6) is 0 Å². The number of hydrogen-bond acceptors (Lipinski definition) is 7. The van der Waals surface area contributed by atoms with Crippen molar-refractivity contribution in [2.24, 2.45) is 5.16 Å². The van der Waals surface area contributed by atoms with Crippen molar-refractivity contribution in [3.63, 3.8) is 0 Å². The zero-order chi connectivity index (χ0) is 21.8. The Balaban J connectivity index is 1.82. The summed E-state index contributed by atoms with van der Waals surface area (Å²) in [6.07, 6.45) is -5.14. The zero-order valence-corrected chi connectivity index (χ0v) is 17.4. The molecular formula is C23H29NO6. The molecule has 0 bridgehead atoms. The van der Waals surface area contributed by atoms with E-state index in [-0.39, 0.29) is 0 Å². The number of ether oxygens (including phenoxy) is 1. The van der Waals surface area contributed by atoms with Gasteiger partial charge < -0.3 is 30.0 Å². The monoisotopic (exact) mass is 415 g/mol. The average Bonchev–Trinajstić information content (AvgIpc) is 2.75. The predicted molar refractivity (Wildman–Crippen MR) is 112 cm³/mol. The molecule has 0 amide bonds. The molecule has 0 saturated carbocycles. The molecule has 0 radical (unpaired) electrons. The zero-order valence-electron chi connectivity index (χ0n) is 17.4.